The summed E-state index contributed by atoms with van der Waals surface area (Å²) in [4.78, 5) is 15.8. The van der Waals surface area contributed by atoms with Gasteiger partial charge in [0.1, 0.15) is 5.75 Å². The summed E-state index contributed by atoms with van der Waals surface area (Å²) in [5, 5.41) is 1.98. The van der Waals surface area contributed by atoms with Gasteiger partial charge in [-0.25, -0.2) is 0 Å². The molecule has 0 spiro atoms. The Labute approximate surface area is 136 Å². The summed E-state index contributed by atoms with van der Waals surface area (Å²) in [7, 11) is 1.60. The molecule has 1 aromatic carbocycles. The van der Waals surface area contributed by atoms with Crippen LogP contribution in [-0.2, 0) is 4.79 Å². The Morgan fingerprint density at radius 3 is 2.86 bits per heavy atom. The number of rotatable bonds is 3. The molecule has 21 heavy (non-hydrogen) atoms. The van der Waals surface area contributed by atoms with Crippen molar-refractivity contribution in [1.82, 2.24) is 0 Å². The van der Waals surface area contributed by atoms with Crippen molar-refractivity contribution in [3.05, 3.63) is 51.6 Å². The number of carbonyl (C=O) groups is 1. The van der Waals surface area contributed by atoms with Crippen molar-refractivity contribution in [1.29, 1.82) is 0 Å². The third-order valence-corrected chi connectivity index (χ3v) is 5.04. The molecule has 2 aromatic rings. The minimum absolute atomic E-state index is 0.0911. The van der Waals surface area contributed by atoms with Gasteiger partial charge in [0.25, 0.3) is 5.91 Å². The molecular weight excluding hydrogens is 322 g/mol. The molecule has 106 valence electrons. The molecule has 0 unspecified atom stereocenters. The van der Waals surface area contributed by atoms with Crippen LogP contribution in [0.1, 0.15) is 4.88 Å². The molecule has 0 N–H and O–H groups in total. The van der Waals surface area contributed by atoms with Crippen LogP contribution < -0.4 is 9.64 Å². The van der Waals surface area contributed by atoms with Crippen LogP contribution in [0.25, 0.3) is 6.08 Å². The van der Waals surface area contributed by atoms with Crippen LogP contribution in [0.5, 0.6) is 5.75 Å². The molecule has 3 nitrogen and oxygen atoms in total. The summed E-state index contributed by atoms with van der Waals surface area (Å²) in [5.41, 5.74) is 0.728. The van der Waals surface area contributed by atoms with Gasteiger partial charge in [-0.3, -0.25) is 9.69 Å². The van der Waals surface area contributed by atoms with Crippen LogP contribution in [0.2, 0.25) is 0 Å². The Morgan fingerprint density at radius 1 is 1.29 bits per heavy atom. The highest BCUT2D eigenvalue weighted by molar-refractivity contribution is 8.27. The molecule has 1 aliphatic heterocycles. The molecule has 1 saturated heterocycles. The van der Waals surface area contributed by atoms with E-state index in [1.807, 2.05) is 41.8 Å². The summed E-state index contributed by atoms with van der Waals surface area (Å²) < 4.78 is 5.73. The number of ether oxygens (including phenoxy) is 1. The highest BCUT2D eigenvalue weighted by Gasteiger charge is 2.33. The van der Waals surface area contributed by atoms with Gasteiger partial charge in [-0.05, 0) is 29.7 Å². The number of carbonyl (C=O) groups excluding carboxylic acids is 1. The number of thiocarbonyl (C=S) groups is 1. The highest BCUT2D eigenvalue weighted by atomic mass is 32.2. The van der Waals surface area contributed by atoms with E-state index in [1.165, 1.54) is 11.8 Å². The van der Waals surface area contributed by atoms with Crippen LogP contribution in [0.4, 0.5) is 5.69 Å². The Bertz CT molecular complexity index is 722. The second-order valence-electron chi connectivity index (χ2n) is 4.23. The van der Waals surface area contributed by atoms with Gasteiger partial charge in [-0.2, -0.15) is 0 Å². The normalized spacial score (nSPS) is 16.8. The van der Waals surface area contributed by atoms with Crippen LogP contribution in [-0.4, -0.2) is 17.3 Å². The number of methoxy groups -OCH3 is 1. The van der Waals surface area contributed by atoms with Crippen LogP contribution >= 0.6 is 35.3 Å². The molecule has 1 aromatic heterocycles. The second-order valence-corrected chi connectivity index (χ2v) is 6.89. The molecule has 6 heteroatoms. The fourth-order valence-electron chi connectivity index (χ4n) is 1.94. The van der Waals surface area contributed by atoms with Crippen molar-refractivity contribution in [2.45, 2.75) is 0 Å². The lowest BCUT2D eigenvalue weighted by Gasteiger charge is -2.15. The smallest absolute Gasteiger partial charge is 0.270 e. The third kappa shape index (κ3) is 2.88. The standard InChI is InChI=1S/C15H11NO2S3/c1-18-11-5-2-4-10(8-11)16-14(17)13(21-15(16)19)9-12-6-3-7-20-12/h2-9H,1H3/b13-9-. The Morgan fingerprint density at radius 2 is 2.14 bits per heavy atom. The number of thiophene rings is 1. The van der Waals surface area contributed by atoms with Gasteiger partial charge in [0.05, 0.1) is 17.7 Å². The van der Waals surface area contributed by atoms with Crippen LogP contribution in [0, 0.1) is 0 Å². The van der Waals surface area contributed by atoms with Crippen LogP contribution in [0.3, 0.4) is 0 Å². The first-order valence-corrected chi connectivity index (χ1v) is 8.25. The first kappa shape index (κ1) is 14.3. The first-order valence-electron chi connectivity index (χ1n) is 6.14. The van der Waals surface area contributed by atoms with E-state index in [-0.39, 0.29) is 5.91 Å². The summed E-state index contributed by atoms with van der Waals surface area (Å²) in [6, 6.07) is 11.3. The van der Waals surface area contributed by atoms with Gasteiger partial charge in [-0.15, -0.1) is 11.3 Å². The lowest BCUT2D eigenvalue weighted by atomic mass is 10.2. The fourth-order valence-corrected chi connectivity index (χ4v) is 3.96. The molecule has 1 fully saturated rings. The minimum atomic E-state index is -0.0911. The number of hydrogen-bond acceptors (Lipinski definition) is 5. The maximum atomic E-state index is 12.6. The van der Waals surface area contributed by atoms with Gasteiger partial charge in [-0.1, -0.05) is 36.1 Å². The van der Waals surface area contributed by atoms with E-state index in [0.717, 1.165) is 10.6 Å². The van der Waals surface area contributed by atoms with E-state index in [0.29, 0.717) is 15.0 Å². The van der Waals surface area contributed by atoms with E-state index in [1.54, 1.807) is 29.4 Å². The van der Waals surface area contributed by atoms with Crippen molar-refractivity contribution < 1.29 is 9.53 Å². The van der Waals surface area contributed by atoms with Crippen molar-refractivity contribution in [3.8, 4) is 5.75 Å². The lowest BCUT2D eigenvalue weighted by Crippen LogP contribution is -2.27. The predicted octanol–water partition coefficient (Wildman–Crippen LogP) is 4.16. The molecule has 0 saturated carbocycles. The average Bonchev–Trinajstić information content (AvgIpc) is 3.08. The summed E-state index contributed by atoms with van der Waals surface area (Å²) >= 11 is 8.26. The number of thioether (sulfide) groups is 1. The highest BCUT2D eigenvalue weighted by Crippen LogP contribution is 2.37. The molecule has 1 amide bonds. The van der Waals surface area contributed by atoms with Gasteiger partial charge in [0, 0.05) is 10.9 Å². The molecule has 0 aliphatic carbocycles. The largest absolute Gasteiger partial charge is 0.497 e. The minimum Gasteiger partial charge on any atom is -0.497 e. The number of amides is 1. The van der Waals surface area contributed by atoms with Crippen molar-refractivity contribution in [3.63, 3.8) is 0 Å². The van der Waals surface area contributed by atoms with E-state index in [9.17, 15) is 4.79 Å². The topological polar surface area (TPSA) is 29.5 Å². The number of benzene rings is 1. The number of nitrogens with zero attached hydrogens (tertiary/aromatic N) is 1. The zero-order chi connectivity index (χ0) is 14.8. The number of anilines is 1. The van der Waals surface area contributed by atoms with Crippen molar-refractivity contribution in [2.75, 3.05) is 12.0 Å². The lowest BCUT2D eigenvalue weighted by molar-refractivity contribution is -0.113. The quantitative estimate of drug-likeness (QED) is 0.623. The first-order chi connectivity index (χ1) is 10.2. The zero-order valence-electron chi connectivity index (χ0n) is 11.1. The molecule has 0 bridgehead atoms. The fraction of sp³-hybridized carbons (Fsp3) is 0.0667. The zero-order valence-corrected chi connectivity index (χ0v) is 13.6. The van der Waals surface area contributed by atoms with Gasteiger partial charge >= 0.3 is 0 Å². The average molecular weight is 333 g/mol. The maximum absolute atomic E-state index is 12.6. The SMILES string of the molecule is COc1cccc(N2C(=O)/C(=C/c3cccs3)SC2=S)c1. The third-order valence-electron chi connectivity index (χ3n) is 2.92. The molecule has 0 atom stereocenters. The van der Waals surface area contributed by atoms with Gasteiger partial charge in [0.2, 0.25) is 0 Å². The molecule has 0 radical (unpaired) electrons. The summed E-state index contributed by atoms with van der Waals surface area (Å²) in [6.45, 7) is 0. The molecular formula is C15H11NO2S3. The molecule has 3 rings (SSSR count). The summed E-state index contributed by atoms with van der Waals surface area (Å²) in [6.07, 6.45) is 1.88. The van der Waals surface area contributed by atoms with E-state index in [4.69, 9.17) is 17.0 Å². The molecule has 1 aliphatic rings. The Kier molecular flexibility index (Phi) is 4.10. The maximum Gasteiger partial charge on any atom is 0.270 e. The van der Waals surface area contributed by atoms with Crippen molar-refractivity contribution in [2.24, 2.45) is 0 Å². The molecule has 2 heterocycles. The van der Waals surface area contributed by atoms with E-state index < -0.39 is 0 Å². The van der Waals surface area contributed by atoms with E-state index >= 15 is 0 Å². The summed E-state index contributed by atoms with van der Waals surface area (Å²) in [5.74, 6) is 0.607. The van der Waals surface area contributed by atoms with Crippen molar-refractivity contribution >= 4 is 57.3 Å². The van der Waals surface area contributed by atoms with E-state index in [2.05, 4.69) is 0 Å². The number of hydrogen-bond donors (Lipinski definition) is 0. The predicted molar refractivity (Wildman–Crippen MR) is 93.0 cm³/mol. The second kappa shape index (κ2) is 6.01. The Hall–Kier alpha value is -1.63. The van der Waals surface area contributed by atoms with Gasteiger partial charge < -0.3 is 4.74 Å². The monoisotopic (exact) mass is 333 g/mol. The Balaban J connectivity index is 1.93. The van der Waals surface area contributed by atoms with Crippen LogP contribution in [0.15, 0.2) is 46.7 Å². The van der Waals surface area contributed by atoms with Gasteiger partial charge in [0.15, 0.2) is 4.32 Å².